The van der Waals surface area contributed by atoms with Gasteiger partial charge in [0.2, 0.25) is 5.88 Å². The smallest absolute Gasteiger partial charge is 0.260 e. The van der Waals surface area contributed by atoms with Gasteiger partial charge < -0.3 is 20.1 Å². The van der Waals surface area contributed by atoms with Gasteiger partial charge in [0.15, 0.2) is 6.61 Å². The van der Waals surface area contributed by atoms with Crippen molar-refractivity contribution in [2.45, 2.75) is 6.42 Å². The van der Waals surface area contributed by atoms with Crippen LogP contribution in [0.15, 0.2) is 48.7 Å². The minimum absolute atomic E-state index is 0. The summed E-state index contributed by atoms with van der Waals surface area (Å²) in [4.78, 5) is 18.0. The maximum atomic E-state index is 12.1. The van der Waals surface area contributed by atoms with Crippen LogP contribution in [0.5, 0.6) is 17.4 Å². The Morgan fingerprint density at radius 2 is 1.88 bits per heavy atom. The number of likely N-dealkylation sites (tertiary alicyclic amines) is 1. The molecule has 1 aliphatic rings. The summed E-state index contributed by atoms with van der Waals surface area (Å²) in [5.41, 5.74) is 5.65. The summed E-state index contributed by atoms with van der Waals surface area (Å²) in [6, 6.07) is 12.6. The van der Waals surface area contributed by atoms with Crippen molar-refractivity contribution in [3.05, 3.63) is 48.7 Å². The van der Waals surface area contributed by atoms with Gasteiger partial charge in [-0.3, -0.25) is 4.79 Å². The van der Waals surface area contributed by atoms with E-state index in [4.69, 9.17) is 15.2 Å². The molecule has 3 rings (SSSR count). The molecule has 1 amide bonds. The normalized spacial score (nSPS) is 15.6. The molecule has 2 aromatic rings. The van der Waals surface area contributed by atoms with E-state index in [2.05, 4.69) is 4.98 Å². The van der Waals surface area contributed by atoms with E-state index in [-0.39, 0.29) is 37.3 Å². The third-order valence-electron chi connectivity index (χ3n) is 4.02. The molecule has 1 saturated heterocycles. The number of benzene rings is 1. The van der Waals surface area contributed by atoms with Crippen molar-refractivity contribution in [2.75, 3.05) is 26.2 Å². The molecule has 0 spiro atoms. The molecule has 1 aromatic heterocycles. The van der Waals surface area contributed by atoms with Gasteiger partial charge in [-0.1, -0.05) is 6.07 Å². The van der Waals surface area contributed by atoms with E-state index in [0.717, 1.165) is 19.5 Å². The molecule has 0 aliphatic carbocycles. The molecular weight excluding hydrogens is 377 g/mol. The van der Waals surface area contributed by atoms with Crippen molar-refractivity contribution in [3.63, 3.8) is 0 Å². The summed E-state index contributed by atoms with van der Waals surface area (Å²) < 4.78 is 11.2. The van der Waals surface area contributed by atoms with Gasteiger partial charge >= 0.3 is 0 Å². The van der Waals surface area contributed by atoms with Gasteiger partial charge in [-0.25, -0.2) is 4.98 Å². The monoisotopic (exact) mass is 399 g/mol. The summed E-state index contributed by atoms with van der Waals surface area (Å²) in [5.74, 6) is 2.24. The zero-order valence-corrected chi connectivity index (χ0v) is 15.9. The van der Waals surface area contributed by atoms with Crippen molar-refractivity contribution in [2.24, 2.45) is 11.7 Å². The average Bonchev–Trinajstić information content (AvgIpc) is 3.11. The number of aromatic nitrogens is 1. The van der Waals surface area contributed by atoms with Gasteiger partial charge in [-0.05, 0) is 49.2 Å². The van der Waals surface area contributed by atoms with Crippen LogP contribution in [0.25, 0.3) is 0 Å². The lowest BCUT2D eigenvalue weighted by Gasteiger charge is -2.16. The highest BCUT2D eigenvalue weighted by Gasteiger charge is 2.25. The first-order valence-electron chi connectivity index (χ1n) is 8.04. The molecule has 1 aliphatic heterocycles. The number of carbonyl (C=O) groups is 1. The van der Waals surface area contributed by atoms with Crippen molar-refractivity contribution in [3.8, 4) is 17.4 Å². The van der Waals surface area contributed by atoms with Crippen molar-refractivity contribution < 1.29 is 14.3 Å². The number of ether oxygens (including phenoxy) is 2. The summed E-state index contributed by atoms with van der Waals surface area (Å²) >= 11 is 0. The number of hydrogen-bond acceptors (Lipinski definition) is 5. The lowest BCUT2D eigenvalue weighted by Crippen LogP contribution is -2.33. The van der Waals surface area contributed by atoms with E-state index in [1.807, 2.05) is 17.0 Å². The van der Waals surface area contributed by atoms with Crippen LogP contribution in [-0.4, -0.2) is 42.0 Å². The Hall–Kier alpha value is -2.02. The van der Waals surface area contributed by atoms with Gasteiger partial charge in [0.05, 0.1) is 0 Å². The first-order chi connectivity index (χ1) is 11.7. The number of carbonyl (C=O) groups excluding carboxylic acids is 1. The van der Waals surface area contributed by atoms with Crippen LogP contribution >= 0.6 is 24.8 Å². The lowest BCUT2D eigenvalue weighted by molar-refractivity contribution is -0.132. The third kappa shape index (κ3) is 6.05. The highest BCUT2D eigenvalue weighted by atomic mass is 35.5. The first kappa shape index (κ1) is 22.0. The topological polar surface area (TPSA) is 77.7 Å². The lowest BCUT2D eigenvalue weighted by atomic mass is 10.1. The second-order valence-corrected chi connectivity index (χ2v) is 5.76. The van der Waals surface area contributed by atoms with Crippen LogP contribution in [0, 0.1) is 5.92 Å². The van der Waals surface area contributed by atoms with E-state index in [0.29, 0.717) is 29.8 Å². The number of pyridine rings is 1. The highest BCUT2D eigenvalue weighted by Crippen LogP contribution is 2.22. The molecule has 0 bridgehead atoms. The summed E-state index contributed by atoms with van der Waals surface area (Å²) in [6.45, 7) is 2.16. The van der Waals surface area contributed by atoms with Gasteiger partial charge in [-0.15, -0.1) is 24.8 Å². The maximum absolute atomic E-state index is 12.1. The molecule has 8 heteroatoms. The van der Waals surface area contributed by atoms with Crippen LogP contribution in [0.1, 0.15) is 6.42 Å². The van der Waals surface area contributed by atoms with Gasteiger partial charge in [0, 0.05) is 25.4 Å². The van der Waals surface area contributed by atoms with Crippen LogP contribution in [-0.2, 0) is 4.79 Å². The Morgan fingerprint density at radius 1 is 1.15 bits per heavy atom. The zero-order chi connectivity index (χ0) is 16.8. The number of hydrogen-bond donors (Lipinski definition) is 1. The van der Waals surface area contributed by atoms with E-state index in [1.165, 1.54) is 0 Å². The predicted molar refractivity (Wildman–Crippen MR) is 104 cm³/mol. The molecule has 0 radical (unpaired) electrons. The molecule has 2 N–H and O–H groups in total. The quantitative estimate of drug-likeness (QED) is 0.807. The second kappa shape index (κ2) is 10.9. The maximum Gasteiger partial charge on any atom is 0.260 e. The van der Waals surface area contributed by atoms with E-state index < -0.39 is 0 Å². The second-order valence-electron chi connectivity index (χ2n) is 5.76. The number of amides is 1. The third-order valence-corrected chi connectivity index (χ3v) is 4.02. The van der Waals surface area contributed by atoms with Crippen LogP contribution in [0.3, 0.4) is 0 Å². The molecule has 6 nitrogen and oxygen atoms in total. The Kier molecular flexibility index (Phi) is 9.19. The first-order valence-corrected chi connectivity index (χ1v) is 8.04. The number of rotatable bonds is 6. The van der Waals surface area contributed by atoms with Gasteiger partial charge in [0.1, 0.15) is 11.5 Å². The van der Waals surface area contributed by atoms with Crippen LogP contribution in [0.2, 0.25) is 0 Å². The molecule has 2 heterocycles. The van der Waals surface area contributed by atoms with Crippen LogP contribution in [0.4, 0.5) is 0 Å². The van der Waals surface area contributed by atoms with Gasteiger partial charge in [-0.2, -0.15) is 0 Å². The molecule has 1 atom stereocenters. The molecular formula is C18H23Cl2N3O3. The van der Waals surface area contributed by atoms with Gasteiger partial charge in [0.25, 0.3) is 5.91 Å². The van der Waals surface area contributed by atoms with E-state index in [1.54, 1.807) is 36.5 Å². The largest absolute Gasteiger partial charge is 0.484 e. The minimum atomic E-state index is -0.000220. The Labute approximate surface area is 165 Å². The number of nitrogens with zero attached hydrogens (tertiary/aromatic N) is 2. The van der Waals surface area contributed by atoms with Crippen LogP contribution < -0.4 is 15.2 Å². The summed E-state index contributed by atoms with van der Waals surface area (Å²) in [5, 5.41) is 0. The standard InChI is InChI=1S/C18H21N3O3.2ClH/c19-11-14-8-10-21(12-14)18(22)13-23-15-4-6-16(7-5-15)24-17-3-1-2-9-20-17;;/h1-7,9,14H,8,10-13,19H2;2*1H. The van der Waals surface area contributed by atoms with E-state index >= 15 is 0 Å². The highest BCUT2D eigenvalue weighted by molar-refractivity contribution is 5.85. The summed E-state index contributed by atoms with van der Waals surface area (Å²) in [7, 11) is 0. The fourth-order valence-corrected chi connectivity index (χ4v) is 2.62. The Bertz CT molecular complexity index is 671. The molecule has 1 fully saturated rings. The molecule has 1 aromatic carbocycles. The Balaban J connectivity index is 0.00000169. The average molecular weight is 400 g/mol. The van der Waals surface area contributed by atoms with E-state index in [9.17, 15) is 4.79 Å². The zero-order valence-electron chi connectivity index (χ0n) is 14.2. The SMILES string of the molecule is Cl.Cl.NCC1CCN(C(=O)COc2ccc(Oc3ccccn3)cc2)C1. The molecule has 0 saturated carbocycles. The molecule has 26 heavy (non-hydrogen) atoms. The van der Waals surface area contributed by atoms with Crippen molar-refractivity contribution >= 4 is 30.7 Å². The Morgan fingerprint density at radius 3 is 2.50 bits per heavy atom. The minimum Gasteiger partial charge on any atom is -0.484 e. The number of halogens is 2. The van der Waals surface area contributed by atoms with Crippen molar-refractivity contribution in [1.82, 2.24) is 9.88 Å². The number of nitrogens with two attached hydrogens (primary N) is 1. The predicted octanol–water partition coefficient (Wildman–Crippen LogP) is 2.90. The van der Waals surface area contributed by atoms with Crippen molar-refractivity contribution in [1.29, 1.82) is 0 Å². The fraction of sp³-hybridized carbons (Fsp3) is 0.333. The molecule has 1 unspecified atom stereocenters. The molecule has 142 valence electrons. The summed E-state index contributed by atoms with van der Waals surface area (Å²) in [6.07, 6.45) is 2.65. The fourth-order valence-electron chi connectivity index (χ4n) is 2.62.